The zero-order valence-electron chi connectivity index (χ0n) is 13.2. The molecule has 1 heteroatoms. The molecule has 0 fully saturated rings. The van der Waals surface area contributed by atoms with Gasteiger partial charge in [0.1, 0.15) is 0 Å². The summed E-state index contributed by atoms with van der Waals surface area (Å²) in [5.41, 5.74) is 10.5. The lowest BCUT2D eigenvalue weighted by Crippen LogP contribution is -2.04. The lowest BCUT2D eigenvalue weighted by molar-refractivity contribution is 1.17. The first-order chi connectivity index (χ1) is 11.9. The van der Waals surface area contributed by atoms with Crippen LogP contribution in [0.4, 0.5) is 0 Å². The number of fused-ring (bicyclic) bond motifs is 6. The molecule has 4 aromatic rings. The molecule has 0 saturated carbocycles. The van der Waals surface area contributed by atoms with E-state index in [1.54, 1.807) is 0 Å². The van der Waals surface area contributed by atoms with E-state index in [4.69, 9.17) is 4.98 Å². The van der Waals surface area contributed by atoms with Crippen molar-refractivity contribution in [2.75, 3.05) is 0 Å². The molecule has 1 heterocycles. The largest absolute Gasteiger partial charge is 0.247 e. The highest BCUT2D eigenvalue weighted by Gasteiger charge is 2.27. The standard InChI is InChI=1S/C23H15N/c1-4-10-18-14(6-1)12-16-8-5-11-19-20-13-15-7-2-3-9-17(15)22(20)24-23(18)21(16)19/h1-11H,12-13H2. The van der Waals surface area contributed by atoms with E-state index >= 15 is 0 Å². The van der Waals surface area contributed by atoms with Gasteiger partial charge in [0, 0.05) is 22.9 Å². The number of rotatable bonds is 0. The number of pyridine rings is 1. The Bertz CT molecular complexity index is 1150. The highest BCUT2D eigenvalue weighted by molar-refractivity contribution is 6.05. The average molecular weight is 305 g/mol. The van der Waals surface area contributed by atoms with Gasteiger partial charge in [-0.1, -0.05) is 66.7 Å². The Balaban J connectivity index is 1.80. The van der Waals surface area contributed by atoms with Crippen LogP contribution in [0.2, 0.25) is 0 Å². The molecule has 0 aliphatic heterocycles. The van der Waals surface area contributed by atoms with Gasteiger partial charge in [-0.2, -0.15) is 0 Å². The fourth-order valence-corrected chi connectivity index (χ4v) is 4.44. The van der Waals surface area contributed by atoms with Gasteiger partial charge in [0.2, 0.25) is 0 Å². The minimum atomic E-state index is 1.00. The predicted octanol–water partition coefficient (Wildman–Crippen LogP) is 5.38. The van der Waals surface area contributed by atoms with E-state index in [-0.39, 0.29) is 0 Å². The highest BCUT2D eigenvalue weighted by Crippen LogP contribution is 2.45. The smallest absolute Gasteiger partial charge is 0.0793 e. The first-order valence-electron chi connectivity index (χ1n) is 8.51. The Morgan fingerprint density at radius 1 is 0.583 bits per heavy atom. The van der Waals surface area contributed by atoms with Crippen molar-refractivity contribution in [3.05, 3.63) is 89.0 Å². The molecule has 2 aliphatic carbocycles. The third-order valence-electron chi connectivity index (χ3n) is 5.52. The normalized spacial score (nSPS) is 13.5. The summed E-state index contributed by atoms with van der Waals surface area (Å²) >= 11 is 0. The Labute approximate surface area is 140 Å². The second-order valence-electron chi connectivity index (χ2n) is 6.80. The van der Waals surface area contributed by atoms with Gasteiger partial charge in [-0.15, -0.1) is 0 Å². The van der Waals surface area contributed by atoms with E-state index in [0.29, 0.717) is 0 Å². The summed E-state index contributed by atoms with van der Waals surface area (Å²) in [5, 5.41) is 2.75. The summed E-state index contributed by atoms with van der Waals surface area (Å²) < 4.78 is 0. The van der Waals surface area contributed by atoms with Crippen molar-refractivity contribution in [1.29, 1.82) is 0 Å². The maximum Gasteiger partial charge on any atom is 0.0793 e. The van der Waals surface area contributed by atoms with Crippen LogP contribution in [0.1, 0.15) is 22.3 Å². The number of benzene rings is 3. The van der Waals surface area contributed by atoms with Gasteiger partial charge in [-0.25, -0.2) is 4.98 Å². The van der Waals surface area contributed by atoms with Crippen molar-refractivity contribution in [1.82, 2.24) is 4.98 Å². The summed E-state index contributed by atoms with van der Waals surface area (Å²) in [6.07, 6.45) is 2.01. The topological polar surface area (TPSA) is 12.9 Å². The van der Waals surface area contributed by atoms with Crippen LogP contribution in [-0.2, 0) is 12.8 Å². The maximum absolute atomic E-state index is 5.19. The second kappa shape index (κ2) is 4.33. The van der Waals surface area contributed by atoms with Crippen LogP contribution in [0.25, 0.3) is 33.3 Å². The van der Waals surface area contributed by atoms with Gasteiger partial charge in [0.25, 0.3) is 0 Å². The molecule has 1 nitrogen and oxygen atoms in total. The van der Waals surface area contributed by atoms with Gasteiger partial charge in [0.15, 0.2) is 0 Å². The second-order valence-corrected chi connectivity index (χ2v) is 6.80. The molecule has 0 unspecified atom stereocenters. The van der Waals surface area contributed by atoms with Crippen molar-refractivity contribution in [2.24, 2.45) is 0 Å². The molecule has 1 aromatic heterocycles. The number of hydrogen-bond acceptors (Lipinski definition) is 1. The van der Waals surface area contributed by atoms with E-state index in [1.807, 2.05) is 0 Å². The molecule has 0 amide bonds. The van der Waals surface area contributed by atoms with Crippen molar-refractivity contribution in [2.45, 2.75) is 12.8 Å². The van der Waals surface area contributed by atoms with E-state index in [2.05, 4.69) is 66.7 Å². The summed E-state index contributed by atoms with van der Waals surface area (Å²) in [6, 6.07) is 24.2. The van der Waals surface area contributed by atoms with Crippen LogP contribution in [-0.4, -0.2) is 4.98 Å². The molecule has 6 rings (SSSR count). The molecule has 3 aromatic carbocycles. The Morgan fingerprint density at radius 3 is 2.08 bits per heavy atom. The average Bonchev–Trinajstić information content (AvgIpc) is 3.01. The van der Waals surface area contributed by atoms with Crippen LogP contribution in [0.5, 0.6) is 0 Å². The minimum Gasteiger partial charge on any atom is -0.247 e. The molecule has 2 aliphatic rings. The summed E-state index contributed by atoms with van der Waals surface area (Å²) in [6.45, 7) is 0. The van der Waals surface area contributed by atoms with Crippen LogP contribution >= 0.6 is 0 Å². The van der Waals surface area contributed by atoms with Crippen LogP contribution in [0.3, 0.4) is 0 Å². The SMILES string of the molecule is c1ccc2c(c1)Cc1c-2nc2c3c(cccc13)Cc1ccccc1-2. The molecule has 0 saturated heterocycles. The first kappa shape index (κ1) is 12.5. The number of nitrogens with zero attached hydrogens (tertiary/aromatic N) is 1. The predicted molar refractivity (Wildman–Crippen MR) is 98.2 cm³/mol. The van der Waals surface area contributed by atoms with Gasteiger partial charge in [-0.05, 0) is 34.1 Å². The molecule has 0 spiro atoms. The Morgan fingerprint density at radius 2 is 1.25 bits per heavy atom. The van der Waals surface area contributed by atoms with Crippen LogP contribution < -0.4 is 0 Å². The van der Waals surface area contributed by atoms with Gasteiger partial charge in [0.05, 0.1) is 11.4 Å². The monoisotopic (exact) mass is 305 g/mol. The molecule has 0 radical (unpaired) electrons. The molecule has 112 valence electrons. The van der Waals surface area contributed by atoms with E-state index < -0.39 is 0 Å². The van der Waals surface area contributed by atoms with Gasteiger partial charge in [-0.3, -0.25) is 0 Å². The molecular weight excluding hydrogens is 290 g/mol. The van der Waals surface area contributed by atoms with Crippen molar-refractivity contribution in [3.63, 3.8) is 0 Å². The fourth-order valence-electron chi connectivity index (χ4n) is 4.44. The Hall–Kier alpha value is -2.93. The summed E-state index contributed by atoms with van der Waals surface area (Å²) in [5.74, 6) is 0. The quantitative estimate of drug-likeness (QED) is 0.367. The maximum atomic E-state index is 5.19. The molecule has 0 bridgehead atoms. The van der Waals surface area contributed by atoms with E-state index in [1.165, 1.54) is 49.8 Å². The van der Waals surface area contributed by atoms with Crippen LogP contribution in [0, 0.1) is 0 Å². The highest BCUT2D eigenvalue weighted by atomic mass is 14.7. The summed E-state index contributed by atoms with van der Waals surface area (Å²) in [7, 11) is 0. The lowest BCUT2D eigenvalue weighted by Gasteiger charge is -2.21. The molecule has 0 N–H and O–H groups in total. The fraction of sp³-hybridized carbons (Fsp3) is 0.0870. The van der Waals surface area contributed by atoms with Crippen molar-refractivity contribution in [3.8, 4) is 22.5 Å². The number of aromatic nitrogens is 1. The lowest BCUT2D eigenvalue weighted by atomic mass is 9.85. The minimum absolute atomic E-state index is 1.00. The zero-order chi connectivity index (χ0) is 15.7. The summed E-state index contributed by atoms with van der Waals surface area (Å²) in [4.78, 5) is 5.19. The number of hydrogen-bond donors (Lipinski definition) is 0. The third kappa shape index (κ3) is 1.47. The third-order valence-corrected chi connectivity index (χ3v) is 5.52. The van der Waals surface area contributed by atoms with Gasteiger partial charge >= 0.3 is 0 Å². The van der Waals surface area contributed by atoms with Crippen molar-refractivity contribution < 1.29 is 0 Å². The molecule has 0 atom stereocenters. The molecule has 24 heavy (non-hydrogen) atoms. The Kier molecular flexibility index (Phi) is 2.25. The van der Waals surface area contributed by atoms with E-state index in [9.17, 15) is 0 Å². The first-order valence-corrected chi connectivity index (χ1v) is 8.51. The van der Waals surface area contributed by atoms with E-state index in [0.717, 1.165) is 18.5 Å². The molecular formula is C23H15N. The van der Waals surface area contributed by atoms with Crippen molar-refractivity contribution >= 4 is 10.8 Å². The van der Waals surface area contributed by atoms with Gasteiger partial charge < -0.3 is 0 Å². The zero-order valence-corrected chi connectivity index (χ0v) is 13.2. The van der Waals surface area contributed by atoms with Crippen LogP contribution in [0.15, 0.2) is 66.7 Å².